The van der Waals surface area contributed by atoms with Crippen molar-refractivity contribution in [2.75, 3.05) is 17.2 Å². The number of rotatable bonds is 6. The summed E-state index contributed by atoms with van der Waals surface area (Å²) in [5.74, 6) is 0.593. The Morgan fingerprint density at radius 1 is 0.929 bits per heavy atom. The van der Waals surface area contributed by atoms with Gasteiger partial charge in [0.15, 0.2) is 0 Å². The summed E-state index contributed by atoms with van der Waals surface area (Å²) in [7, 11) is 0. The second kappa shape index (κ2) is 8.24. The second-order valence-corrected chi connectivity index (χ2v) is 6.22. The molecule has 146 valence electrons. The first-order valence-electron chi connectivity index (χ1n) is 8.58. The zero-order valence-electron chi connectivity index (χ0n) is 15.0. The first kappa shape index (κ1) is 19.6. The summed E-state index contributed by atoms with van der Waals surface area (Å²) in [6, 6.07) is 12.7. The van der Waals surface area contributed by atoms with Crippen molar-refractivity contribution in [3.8, 4) is 0 Å². The van der Waals surface area contributed by atoms with Crippen molar-refractivity contribution in [3.05, 3.63) is 77.2 Å². The summed E-state index contributed by atoms with van der Waals surface area (Å²) in [6.07, 6.45) is -3.69. The third-order valence-corrected chi connectivity index (χ3v) is 3.96. The van der Waals surface area contributed by atoms with E-state index < -0.39 is 11.7 Å². The van der Waals surface area contributed by atoms with Gasteiger partial charge in [-0.2, -0.15) is 18.2 Å². The summed E-state index contributed by atoms with van der Waals surface area (Å²) in [6.45, 7) is 2.38. The third kappa shape index (κ3) is 5.42. The molecule has 0 saturated carbocycles. The van der Waals surface area contributed by atoms with Crippen molar-refractivity contribution in [3.63, 3.8) is 0 Å². The van der Waals surface area contributed by atoms with Gasteiger partial charge < -0.3 is 10.6 Å². The number of aryl methyl sites for hydroxylation is 1. The Labute approximate surface area is 159 Å². The van der Waals surface area contributed by atoms with Gasteiger partial charge in [0.05, 0.1) is 5.56 Å². The summed E-state index contributed by atoms with van der Waals surface area (Å²) < 4.78 is 50.9. The predicted octanol–water partition coefficient (Wildman–Crippen LogP) is 5.34. The second-order valence-electron chi connectivity index (χ2n) is 6.22. The molecule has 0 amide bonds. The maximum absolute atomic E-state index is 12.9. The number of aromatic nitrogens is 2. The van der Waals surface area contributed by atoms with Gasteiger partial charge in [-0.25, -0.2) is 9.37 Å². The Morgan fingerprint density at radius 3 is 2.25 bits per heavy atom. The van der Waals surface area contributed by atoms with Crippen LogP contribution in [0, 0.1) is 12.7 Å². The van der Waals surface area contributed by atoms with Crippen LogP contribution < -0.4 is 10.6 Å². The van der Waals surface area contributed by atoms with Crippen LogP contribution in [0.1, 0.15) is 16.8 Å². The number of halogens is 4. The highest BCUT2D eigenvalue weighted by atomic mass is 19.4. The van der Waals surface area contributed by atoms with Crippen LogP contribution in [0.25, 0.3) is 0 Å². The molecule has 1 heterocycles. The fourth-order valence-electron chi connectivity index (χ4n) is 2.57. The Kier molecular flexibility index (Phi) is 5.77. The van der Waals surface area contributed by atoms with E-state index in [-0.39, 0.29) is 11.8 Å². The zero-order chi connectivity index (χ0) is 20.1. The maximum atomic E-state index is 12.9. The molecule has 0 radical (unpaired) electrons. The van der Waals surface area contributed by atoms with E-state index in [9.17, 15) is 17.6 Å². The monoisotopic (exact) mass is 390 g/mol. The molecule has 0 unspecified atom stereocenters. The lowest BCUT2D eigenvalue weighted by Crippen LogP contribution is -2.09. The van der Waals surface area contributed by atoms with Gasteiger partial charge in [0.25, 0.3) is 0 Å². The average Bonchev–Trinajstić information content (AvgIpc) is 2.63. The Hall–Kier alpha value is -3.16. The number of hydrogen-bond acceptors (Lipinski definition) is 4. The first-order valence-corrected chi connectivity index (χ1v) is 8.58. The van der Waals surface area contributed by atoms with Gasteiger partial charge in [0.2, 0.25) is 5.95 Å². The Balaban J connectivity index is 1.63. The molecule has 0 aliphatic rings. The predicted molar refractivity (Wildman–Crippen MR) is 100 cm³/mol. The number of nitrogens with zero attached hydrogens (tertiary/aromatic N) is 2. The molecule has 2 aromatic carbocycles. The van der Waals surface area contributed by atoms with Crippen molar-refractivity contribution >= 4 is 17.5 Å². The van der Waals surface area contributed by atoms with Crippen LogP contribution in [0.4, 0.5) is 35.0 Å². The van der Waals surface area contributed by atoms with Crippen LogP contribution in [-0.4, -0.2) is 16.5 Å². The molecule has 8 heteroatoms. The molecule has 0 fully saturated rings. The third-order valence-electron chi connectivity index (χ3n) is 3.96. The molecule has 4 nitrogen and oxygen atoms in total. The molecule has 0 atom stereocenters. The van der Waals surface area contributed by atoms with Crippen molar-refractivity contribution in [1.29, 1.82) is 0 Å². The van der Waals surface area contributed by atoms with E-state index in [1.54, 1.807) is 25.1 Å². The maximum Gasteiger partial charge on any atom is 0.416 e. The fourth-order valence-corrected chi connectivity index (χ4v) is 2.57. The number of hydrogen-bond donors (Lipinski definition) is 2. The molecule has 0 aliphatic carbocycles. The van der Waals surface area contributed by atoms with Crippen molar-refractivity contribution < 1.29 is 17.6 Å². The highest BCUT2D eigenvalue weighted by Crippen LogP contribution is 2.30. The first-order chi connectivity index (χ1) is 13.3. The lowest BCUT2D eigenvalue weighted by atomic mass is 10.1. The van der Waals surface area contributed by atoms with E-state index in [0.717, 1.165) is 17.7 Å². The lowest BCUT2D eigenvalue weighted by Gasteiger charge is -2.11. The highest BCUT2D eigenvalue weighted by molar-refractivity contribution is 5.56. The molecule has 3 aromatic rings. The molecule has 0 bridgehead atoms. The molecule has 3 rings (SSSR count). The Morgan fingerprint density at radius 2 is 1.61 bits per heavy atom. The van der Waals surface area contributed by atoms with E-state index >= 15 is 0 Å². The number of alkyl halides is 3. The molecule has 0 saturated heterocycles. The van der Waals surface area contributed by atoms with Gasteiger partial charge in [-0.15, -0.1) is 0 Å². The Bertz CT molecular complexity index is 922. The molecule has 28 heavy (non-hydrogen) atoms. The van der Waals surface area contributed by atoms with Crippen LogP contribution in [-0.2, 0) is 12.6 Å². The minimum Gasteiger partial charge on any atom is -0.370 e. The summed E-state index contributed by atoms with van der Waals surface area (Å²) in [5.41, 5.74) is 1.43. The van der Waals surface area contributed by atoms with Crippen LogP contribution in [0.15, 0.2) is 54.6 Å². The van der Waals surface area contributed by atoms with Gasteiger partial charge in [0, 0.05) is 24.0 Å². The number of benzene rings is 2. The summed E-state index contributed by atoms with van der Waals surface area (Å²) >= 11 is 0. The molecule has 0 aliphatic heterocycles. The fraction of sp³-hybridized carbons (Fsp3) is 0.200. The van der Waals surface area contributed by atoms with Crippen molar-refractivity contribution in [2.45, 2.75) is 19.5 Å². The zero-order valence-corrected chi connectivity index (χ0v) is 15.0. The van der Waals surface area contributed by atoms with Crippen molar-refractivity contribution in [1.82, 2.24) is 9.97 Å². The number of nitrogens with one attached hydrogen (secondary N) is 2. The van der Waals surface area contributed by atoms with Crippen LogP contribution in [0.2, 0.25) is 0 Å². The van der Waals surface area contributed by atoms with Gasteiger partial charge in [0.1, 0.15) is 11.6 Å². The summed E-state index contributed by atoms with van der Waals surface area (Å²) in [4.78, 5) is 8.58. The molecular weight excluding hydrogens is 372 g/mol. The quantitative estimate of drug-likeness (QED) is 0.558. The molecule has 1 aromatic heterocycles. The average molecular weight is 390 g/mol. The van der Waals surface area contributed by atoms with Gasteiger partial charge in [-0.1, -0.05) is 12.1 Å². The van der Waals surface area contributed by atoms with E-state index in [2.05, 4.69) is 20.6 Å². The minimum atomic E-state index is -4.38. The standard InChI is InChI=1S/C20H18F4N4/c1-13-12-18(25-11-10-14-2-6-16(21)7-3-14)28-19(26-13)27-17-8-4-15(5-9-17)20(22,23)24/h2-9,12H,10-11H2,1H3,(H2,25,26,27,28). The lowest BCUT2D eigenvalue weighted by molar-refractivity contribution is -0.137. The van der Waals surface area contributed by atoms with E-state index in [4.69, 9.17) is 0 Å². The molecule has 0 spiro atoms. The van der Waals surface area contributed by atoms with Crippen LogP contribution in [0.5, 0.6) is 0 Å². The van der Waals surface area contributed by atoms with Gasteiger partial charge in [-0.05, 0) is 55.3 Å². The topological polar surface area (TPSA) is 49.8 Å². The van der Waals surface area contributed by atoms with E-state index in [1.807, 2.05) is 0 Å². The van der Waals surface area contributed by atoms with E-state index in [1.165, 1.54) is 24.3 Å². The van der Waals surface area contributed by atoms with Crippen molar-refractivity contribution in [2.24, 2.45) is 0 Å². The largest absolute Gasteiger partial charge is 0.416 e. The minimum absolute atomic E-state index is 0.276. The van der Waals surface area contributed by atoms with Gasteiger partial charge in [-0.3, -0.25) is 0 Å². The smallest absolute Gasteiger partial charge is 0.370 e. The van der Waals surface area contributed by atoms with Crippen LogP contribution >= 0.6 is 0 Å². The van der Waals surface area contributed by atoms with E-state index in [0.29, 0.717) is 30.2 Å². The van der Waals surface area contributed by atoms with Crippen LogP contribution in [0.3, 0.4) is 0 Å². The SMILES string of the molecule is Cc1cc(NCCc2ccc(F)cc2)nc(Nc2ccc(C(F)(F)F)cc2)n1. The normalized spacial score (nSPS) is 11.3. The molecule has 2 N–H and O–H groups in total. The molecular formula is C20H18F4N4. The summed E-state index contributed by atoms with van der Waals surface area (Å²) in [5, 5.41) is 6.08. The van der Waals surface area contributed by atoms with Gasteiger partial charge >= 0.3 is 6.18 Å². The highest BCUT2D eigenvalue weighted by Gasteiger charge is 2.29. The number of anilines is 3.